The molecule has 2 heterocycles. The molecule has 1 aliphatic rings. The summed E-state index contributed by atoms with van der Waals surface area (Å²) in [5, 5.41) is 6.46. The molecule has 0 saturated carbocycles. The Labute approximate surface area is 89.1 Å². The Kier molecular flexibility index (Phi) is 3.03. The maximum atomic E-state index is 4.60. The zero-order chi connectivity index (χ0) is 9.97. The lowest BCUT2D eigenvalue weighted by molar-refractivity contribution is 0.659. The van der Waals surface area contributed by atoms with Crippen LogP contribution >= 0.6 is 11.3 Å². The van der Waals surface area contributed by atoms with Gasteiger partial charge in [0.1, 0.15) is 0 Å². The van der Waals surface area contributed by atoms with Gasteiger partial charge in [0.05, 0.1) is 5.69 Å². The van der Waals surface area contributed by atoms with Crippen LogP contribution in [0.2, 0.25) is 0 Å². The van der Waals surface area contributed by atoms with Gasteiger partial charge in [0.15, 0.2) is 5.13 Å². The average Bonchev–Trinajstić information content (AvgIpc) is 2.74. The molecule has 1 saturated heterocycles. The van der Waals surface area contributed by atoms with Crippen LogP contribution in [0.5, 0.6) is 0 Å². The maximum absolute atomic E-state index is 4.60. The summed E-state index contributed by atoms with van der Waals surface area (Å²) >= 11 is 1.76. The monoisotopic (exact) mass is 211 g/mol. The van der Waals surface area contributed by atoms with Gasteiger partial charge in [-0.3, -0.25) is 0 Å². The SMILES string of the molecule is CNCc1csc(N2CCC(C)C2)n1. The Bertz CT molecular complexity index is 297. The van der Waals surface area contributed by atoms with E-state index in [9.17, 15) is 0 Å². The van der Waals surface area contributed by atoms with E-state index in [2.05, 4.69) is 27.5 Å². The van der Waals surface area contributed by atoms with E-state index in [1.54, 1.807) is 11.3 Å². The van der Waals surface area contributed by atoms with Gasteiger partial charge in [-0.05, 0) is 19.4 Å². The zero-order valence-electron chi connectivity index (χ0n) is 8.79. The molecule has 1 aliphatic heterocycles. The van der Waals surface area contributed by atoms with Crippen LogP contribution in [0.25, 0.3) is 0 Å². The lowest BCUT2D eigenvalue weighted by Crippen LogP contribution is -2.18. The predicted molar refractivity (Wildman–Crippen MR) is 60.9 cm³/mol. The van der Waals surface area contributed by atoms with E-state index in [0.29, 0.717) is 0 Å². The minimum Gasteiger partial charge on any atom is -0.348 e. The van der Waals surface area contributed by atoms with Crippen molar-refractivity contribution in [1.82, 2.24) is 10.3 Å². The molecule has 0 bridgehead atoms. The van der Waals surface area contributed by atoms with Crippen molar-refractivity contribution < 1.29 is 0 Å². The molecule has 3 nitrogen and oxygen atoms in total. The quantitative estimate of drug-likeness (QED) is 0.825. The van der Waals surface area contributed by atoms with Crippen LogP contribution in [-0.2, 0) is 6.54 Å². The van der Waals surface area contributed by atoms with Crippen molar-refractivity contribution in [3.8, 4) is 0 Å². The summed E-state index contributed by atoms with van der Waals surface area (Å²) in [6.45, 7) is 5.53. The molecular formula is C10H17N3S. The second kappa shape index (κ2) is 4.28. The number of rotatable bonds is 3. The first-order valence-electron chi connectivity index (χ1n) is 5.13. The highest BCUT2D eigenvalue weighted by Gasteiger charge is 2.20. The van der Waals surface area contributed by atoms with E-state index in [1.165, 1.54) is 24.6 Å². The summed E-state index contributed by atoms with van der Waals surface area (Å²) < 4.78 is 0. The van der Waals surface area contributed by atoms with Crippen LogP contribution in [0.4, 0.5) is 5.13 Å². The molecule has 78 valence electrons. The molecule has 0 radical (unpaired) electrons. The van der Waals surface area contributed by atoms with E-state index in [1.807, 2.05) is 7.05 Å². The van der Waals surface area contributed by atoms with Gasteiger partial charge in [0.2, 0.25) is 0 Å². The summed E-state index contributed by atoms with van der Waals surface area (Å²) in [6.07, 6.45) is 1.31. The average molecular weight is 211 g/mol. The first-order chi connectivity index (χ1) is 6.79. The molecular weight excluding hydrogens is 194 g/mol. The van der Waals surface area contributed by atoms with Gasteiger partial charge >= 0.3 is 0 Å². The van der Waals surface area contributed by atoms with E-state index in [-0.39, 0.29) is 0 Å². The Morgan fingerprint density at radius 3 is 3.21 bits per heavy atom. The van der Waals surface area contributed by atoms with Gasteiger partial charge in [-0.25, -0.2) is 4.98 Å². The predicted octanol–water partition coefficient (Wildman–Crippen LogP) is 1.71. The van der Waals surface area contributed by atoms with Crippen molar-refractivity contribution in [3.05, 3.63) is 11.1 Å². The highest BCUT2D eigenvalue weighted by atomic mass is 32.1. The summed E-state index contributed by atoms with van der Waals surface area (Å²) in [4.78, 5) is 7.00. The van der Waals surface area contributed by atoms with E-state index in [4.69, 9.17) is 0 Å². The Morgan fingerprint density at radius 2 is 2.57 bits per heavy atom. The standard InChI is InChI=1S/C10H17N3S/c1-8-3-4-13(6-8)10-12-9(5-11-2)7-14-10/h7-8,11H,3-6H2,1-2H3. The lowest BCUT2D eigenvalue weighted by atomic mass is 10.2. The number of aromatic nitrogens is 1. The number of hydrogen-bond donors (Lipinski definition) is 1. The summed E-state index contributed by atoms with van der Waals surface area (Å²) in [5.74, 6) is 0.826. The Morgan fingerprint density at radius 1 is 1.71 bits per heavy atom. The van der Waals surface area contributed by atoms with Crippen molar-refractivity contribution in [3.63, 3.8) is 0 Å². The first-order valence-corrected chi connectivity index (χ1v) is 6.01. The molecule has 1 N–H and O–H groups in total. The van der Waals surface area contributed by atoms with Gasteiger partial charge < -0.3 is 10.2 Å². The van der Waals surface area contributed by atoms with Crippen LogP contribution < -0.4 is 10.2 Å². The smallest absolute Gasteiger partial charge is 0.185 e. The van der Waals surface area contributed by atoms with Crippen LogP contribution in [-0.4, -0.2) is 25.1 Å². The van der Waals surface area contributed by atoms with Crippen LogP contribution in [0, 0.1) is 5.92 Å². The van der Waals surface area contributed by atoms with Gasteiger partial charge in [0, 0.05) is 25.0 Å². The third-order valence-electron chi connectivity index (χ3n) is 2.59. The van der Waals surface area contributed by atoms with E-state index < -0.39 is 0 Å². The highest BCUT2D eigenvalue weighted by molar-refractivity contribution is 7.13. The molecule has 14 heavy (non-hydrogen) atoms. The molecule has 1 aromatic heterocycles. The van der Waals surface area contributed by atoms with Gasteiger partial charge in [-0.1, -0.05) is 6.92 Å². The summed E-state index contributed by atoms with van der Waals surface area (Å²) in [6, 6.07) is 0. The molecule has 1 unspecified atom stereocenters. The van der Waals surface area contributed by atoms with Crippen molar-refractivity contribution in [2.45, 2.75) is 19.9 Å². The summed E-state index contributed by atoms with van der Waals surface area (Å²) in [7, 11) is 1.96. The normalized spacial score (nSPS) is 21.9. The number of thiazole rings is 1. The Hall–Kier alpha value is -0.610. The maximum Gasteiger partial charge on any atom is 0.185 e. The van der Waals surface area contributed by atoms with E-state index >= 15 is 0 Å². The molecule has 0 amide bonds. The molecule has 4 heteroatoms. The number of anilines is 1. The second-order valence-corrected chi connectivity index (χ2v) is 4.83. The van der Waals surface area contributed by atoms with Crippen LogP contribution in [0.15, 0.2) is 5.38 Å². The van der Waals surface area contributed by atoms with Crippen molar-refractivity contribution >= 4 is 16.5 Å². The third kappa shape index (κ3) is 2.07. The summed E-state index contributed by atoms with van der Waals surface area (Å²) in [5.41, 5.74) is 1.16. The highest BCUT2D eigenvalue weighted by Crippen LogP contribution is 2.26. The van der Waals surface area contributed by atoms with Crippen molar-refractivity contribution in [2.75, 3.05) is 25.0 Å². The van der Waals surface area contributed by atoms with Crippen molar-refractivity contribution in [2.24, 2.45) is 5.92 Å². The fourth-order valence-electron chi connectivity index (χ4n) is 1.81. The van der Waals surface area contributed by atoms with Gasteiger partial charge in [0.25, 0.3) is 0 Å². The van der Waals surface area contributed by atoms with Crippen LogP contribution in [0.1, 0.15) is 19.0 Å². The minimum atomic E-state index is 0.826. The fraction of sp³-hybridized carbons (Fsp3) is 0.700. The van der Waals surface area contributed by atoms with Gasteiger partial charge in [-0.15, -0.1) is 11.3 Å². The molecule has 1 fully saturated rings. The van der Waals surface area contributed by atoms with Crippen LogP contribution in [0.3, 0.4) is 0 Å². The van der Waals surface area contributed by atoms with Crippen molar-refractivity contribution in [1.29, 1.82) is 0 Å². The minimum absolute atomic E-state index is 0.826. The topological polar surface area (TPSA) is 28.2 Å². The van der Waals surface area contributed by atoms with E-state index in [0.717, 1.165) is 18.2 Å². The molecule has 2 rings (SSSR count). The third-order valence-corrected chi connectivity index (χ3v) is 3.54. The number of hydrogen-bond acceptors (Lipinski definition) is 4. The lowest BCUT2D eigenvalue weighted by Gasteiger charge is -2.13. The first kappa shape index (κ1) is 9.93. The largest absolute Gasteiger partial charge is 0.348 e. The molecule has 1 aromatic rings. The number of nitrogens with zero attached hydrogens (tertiary/aromatic N) is 2. The zero-order valence-corrected chi connectivity index (χ0v) is 9.60. The molecule has 0 spiro atoms. The van der Waals surface area contributed by atoms with Gasteiger partial charge in [-0.2, -0.15) is 0 Å². The molecule has 1 atom stereocenters. The Balaban J connectivity index is 2.02. The molecule has 0 aromatic carbocycles. The second-order valence-electron chi connectivity index (χ2n) is 3.99. The number of nitrogens with one attached hydrogen (secondary N) is 1. The fourth-order valence-corrected chi connectivity index (χ4v) is 2.67. The molecule has 0 aliphatic carbocycles.